The largest absolute Gasteiger partial charge is 0.355 e. The Morgan fingerprint density at radius 1 is 1.62 bits per heavy atom. The van der Waals surface area contributed by atoms with Crippen molar-refractivity contribution in [3.8, 4) is 0 Å². The molecular weight excluding hydrogens is 204 g/mol. The zero-order chi connectivity index (χ0) is 10.1. The van der Waals surface area contributed by atoms with Gasteiger partial charge in [-0.25, -0.2) is 4.98 Å². The van der Waals surface area contributed by atoms with Gasteiger partial charge < -0.3 is 5.32 Å². The third kappa shape index (κ3) is 2.85. The molecule has 0 saturated carbocycles. The number of thiazole rings is 1. The van der Waals surface area contributed by atoms with Crippen molar-refractivity contribution in [2.75, 3.05) is 5.32 Å². The second kappa shape index (κ2) is 3.84. The van der Waals surface area contributed by atoms with E-state index in [1.165, 1.54) is 0 Å². The zero-order valence-corrected chi connectivity index (χ0v) is 9.96. The van der Waals surface area contributed by atoms with Gasteiger partial charge in [0.25, 0.3) is 0 Å². The Balaban J connectivity index is 2.68. The third-order valence-corrected chi connectivity index (χ3v) is 3.46. The van der Waals surface area contributed by atoms with Crippen molar-refractivity contribution in [2.45, 2.75) is 38.6 Å². The van der Waals surface area contributed by atoms with Crippen molar-refractivity contribution in [2.24, 2.45) is 0 Å². The summed E-state index contributed by atoms with van der Waals surface area (Å²) in [6.07, 6.45) is 0. The summed E-state index contributed by atoms with van der Waals surface area (Å²) in [7, 11) is 0. The maximum Gasteiger partial charge on any atom is 0.183 e. The number of anilines is 1. The lowest BCUT2D eigenvalue weighted by atomic mass is 10.0. The molecule has 0 radical (unpaired) electrons. The minimum atomic E-state index is -0.119. The fourth-order valence-corrected chi connectivity index (χ4v) is 1.69. The minimum absolute atomic E-state index is 0.0664. The van der Waals surface area contributed by atoms with Gasteiger partial charge in [-0.05, 0) is 27.7 Å². The highest BCUT2D eigenvalue weighted by molar-refractivity contribution is 7.13. The molecule has 4 heteroatoms. The first kappa shape index (κ1) is 10.8. The van der Waals surface area contributed by atoms with E-state index >= 15 is 0 Å². The van der Waals surface area contributed by atoms with Gasteiger partial charge in [-0.3, -0.25) is 0 Å². The molecule has 1 rings (SSSR count). The molecule has 13 heavy (non-hydrogen) atoms. The first-order chi connectivity index (χ1) is 5.92. The summed E-state index contributed by atoms with van der Waals surface area (Å²) in [5, 5.41) is 6.35. The van der Waals surface area contributed by atoms with Crippen LogP contribution in [0.4, 0.5) is 5.13 Å². The lowest BCUT2D eigenvalue weighted by Gasteiger charge is -2.28. The van der Waals surface area contributed by atoms with E-state index in [0.717, 1.165) is 10.8 Å². The lowest BCUT2D eigenvalue weighted by Crippen LogP contribution is -2.38. The van der Waals surface area contributed by atoms with Gasteiger partial charge in [-0.2, -0.15) is 0 Å². The Hall–Kier alpha value is -0.280. The van der Waals surface area contributed by atoms with E-state index in [1.807, 2.05) is 19.2 Å². The number of aryl methyl sites for hydroxylation is 1. The maximum absolute atomic E-state index is 6.04. The van der Waals surface area contributed by atoms with Gasteiger partial charge >= 0.3 is 0 Å². The molecule has 0 aliphatic rings. The standard InChI is InChI=1S/C9H15ClN2S/c1-6-5-13-8(11-6)12-9(3,4)7(2)10/h5,7H,1-4H3,(H,11,12). The molecule has 1 unspecified atom stereocenters. The van der Waals surface area contributed by atoms with Crippen molar-refractivity contribution < 1.29 is 0 Å². The predicted molar refractivity (Wildman–Crippen MR) is 59.9 cm³/mol. The quantitative estimate of drug-likeness (QED) is 0.788. The number of hydrogen-bond acceptors (Lipinski definition) is 3. The summed E-state index contributed by atoms with van der Waals surface area (Å²) in [5.41, 5.74) is 0.928. The number of nitrogens with one attached hydrogen (secondary N) is 1. The number of aromatic nitrogens is 1. The summed E-state index contributed by atoms with van der Waals surface area (Å²) in [6, 6.07) is 0. The summed E-state index contributed by atoms with van der Waals surface area (Å²) in [5.74, 6) is 0. The van der Waals surface area contributed by atoms with E-state index in [2.05, 4.69) is 24.1 Å². The number of halogens is 1. The van der Waals surface area contributed by atoms with Crippen molar-refractivity contribution >= 4 is 28.1 Å². The second-order valence-electron chi connectivity index (χ2n) is 3.76. The topological polar surface area (TPSA) is 24.9 Å². The van der Waals surface area contributed by atoms with Crippen molar-refractivity contribution in [3.05, 3.63) is 11.1 Å². The SMILES string of the molecule is Cc1csc(NC(C)(C)C(C)Cl)n1. The molecule has 1 N–H and O–H groups in total. The van der Waals surface area contributed by atoms with Crippen LogP contribution in [0.25, 0.3) is 0 Å². The van der Waals surface area contributed by atoms with Crippen LogP contribution < -0.4 is 5.32 Å². The molecule has 0 amide bonds. The smallest absolute Gasteiger partial charge is 0.183 e. The molecule has 1 atom stereocenters. The van der Waals surface area contributed by atoms with Crippen LogP contribution in [0.5, 0.6) is 0 Å². The van der Waals surface area contributed by atoms with Crippen LogP contribution in [-0.2, 0) is 0 Å². The molecule has 0 aromatic carbocycles. The molecule has 0 fully saturated rings. The highest BCUT2D eigenvalue weighted by atomic mass is 35.5. The first-order valence-corrected chi connectivity index (χ1v) is 5.58. The molecule has 0 spiro atoms. The molecule has 0 bridgehead atoms. The zero-order valence-electron chi connectivity index (χ0n) is 8.39. The highest BCUT2D eigenvalue weighted by Crippen LogP contribution is 2.23. The predicted octanol–water partition coefficient (Wildman–Crippen LogP) is 3.27. The van der Waals surface area contributed by atoms with Crippen LogP contribution in [0.15, 0.2) is 5.38 Å². The van der Waals surface area contributed by atoms with E-state index in [4.69, 9.17) is 11.6 Å². The first-order valence-electron chi connectivity index (χ1n) is 4.26. The minimum Gasteiger partial charge on any atom is -0.355 e. The lowest BCUT2D eigenvalue weighted by molar-refractivity contribution is 0.554. The number of alkyl halides is 1. The van der Waals surface area contributed by atoms with Gasteiger partial charge in [0.1, 0.15) is 0 Å². The fourth-order valence-electron chi connectivity index (χ4n) is 0.786. The molecule has 0 aliphatic heterocycles. The van der Waals surface area contributed by atoms with E-state index < -0.39 is 0 Å². The van der Waals surface area contributed by atoms with Crippen LogP contribution in [-0.4, -0.2) is 15.9 Å². The fraction of sp³-hybridized carbons (Fsp3) is 0.667. The van der Waals surface area contributed by atoms with Gasteiger partial charge in [-0.1, -0.05) is 0 Å². The van der Waals surface area contributed by atoms with Crippen molar-refractivity contribution in [1.29, 1.82) is 0 Å². The van der Waals surface area contributed by atoms with Crippen LogP contribution in [0, 0.1) is 6.92 Å². The number of nitrogens with zero attached hydrogens (tertiary/aromatic N) is 1. The third-order valence-electron chi connectivity index (χ3n) is 2.04. The Morgan fingerprint density at radius 3 is 2.62 bits per heavy atom. The van der Waals surface area contributed by atoms with Gasteiger partial charge in [0, 0.05) is 10.9 Å². The molecule has 74 valence electrons. The Kier molecular flexibility index (Phi) is 3.19. The highest BCUT2D eigenvalue weighted by Gasteiger charge is 2.24. The van der Waals surface area contributed by atoms with E-state index in [0.29, 0.717) is 0 Å². The molecule has 1 aromatic rings. The molecule has 1 heterocycles. The number of hydrogen-bond donors (Lipinski definition) is 1. The Labute approximate surface area is 88.3 Å². The van der Waals surface area contributed by atoms with E-state index in [-0.39, 0.29) is 10.9 Å². The maximum atomic E-state index is 6.04. The van der Waals surface area contributed by atoms with E-state index in [9.17, 15) is 0 Å². The summed E-state index contributed by atoms with van der Waals surface area (Å²) >= 11 is 7.65. The van der Waals surface area contributed by atoms with E-state index in [1.54, 1.807) is 11.3 Å². The van der Waals surface area contributed by atoms with Gasteiger partial charge in [0.2, 0.25) is 0 Å². The van der Waals surface area contributed by atoms with Crippen LogP contribution in [0.3, 0.4) is 0 Å². The van der Waals surface area contributed by atoms with Gasteiger partial charge in [0.15, 0.2) is 5.13 Å². The normalized spacial score (nSPS) is 14.2. The molecule has 0 saturated heterocycles. The van der Waals surface area contributed by atoms with Gasteiger partial charge in [-0.15, -0.1) is 22.9 Å². The molecular formula is C9H15ClN2S. The number of rotatable bonds is 3. The van der Waals surface area contributed by atoms with Crippen molar-refractivity contribution in [1.82, 2.24) is 4.98 Å². The Morgan fingerprint density at radius 2 is 2.23 bits per heavy atom. The monoisotopic (exact) mass is 218 g/mol. The second-order valence-corrected chi connectivity index (χ2v) is 5.27. The molecule has 0 aliphatic carbocycles. The average Bonchev–Trinajstić information content (AvgIpc) is 2.34. The van der Waals surface area contributed by atoms with Crippen LogP contribution >= 0.6 is 22.9 Å². The van der Waals surface area contributed by atoms with Crippen LogP contribution in [0.1, 0.15) is 26.5 Å². The Bertz CT molecular complexity index is 281. The summed E-state index contributed by atoms with van der Waals surface area (Å²) < 4.78 is 0. The average molecular weight is 219 g/mol. The summed E-state index contributed by atoms with van der Waals surface area (Å²) in [4.78, 5) is 4.33. The summed E-state index contributed by atoms with van der Waals surface area (Å²) in [6.45, 7) is 8.11. The van der Waals surface area contributed by atoms with Gasteiger partial charge in [0.05, 0.1) is 11.1 Å². The molecule has 1 aromatic heterocycles. The molecule has 2 nitrogen and oxygen atoms in total. The van der Waals surface area contributed by atoms with Crippen LogP contribution in [0.2, 0.25) is 0 Å². The van der Waals surface area contributed by atoms with Crippen molar-refractivity contribution in [3.63, 3.8) is 0 Å².